The van der Waals surface area contributed by atoms with Gasteiger partial charge >= 0.3 is 12.1 Å². The molecule has 1 aromatic heterocycles. The monoisotopic (exact) mass is 310 g/mol. The summed E-state index contributed by atoms with van der Waals surface area (Å²) in [6.07, 6.45) is -3.71. The Labute approximate surface area is 124 Å². The lowest BCUT2D eigenvalue weighted by Crippen LogP contribution is -2.30. The van der Waals surface area contributed by atoms with Crippen molar-refractivity contribution in [2.75, 3.05) is 5.32 Å². The van der Waals surface area contributed by atoms with Crippen LogP contribution in [0, 0.1) is 6.92 Å². The maximum absolute atomic E-state index is 12.3. The van der Waals surface area contributed by atoms with Crippen LogP contribution in [0.5, 0.6) is 5.75 Å². The Kier molecular flexibility index (Phi) is 4.65. The predicted molar refractivity (Wildman–Crippen MR) is 74.4 cm³/mol. The van der Waals surface area contributed by atoms with Gasteiger partial charge in [0.25, 0.3) is 0 Å². The van der Waals surface area contributed by atoms with Gasteiger partial charge in [0.15, 0.2) is 11.6 Å². The number of hydrogen-bond donors (Lipinski definition) is 1. The molecule has 0 saturated heterocycles. The quantitative estimate of drug-likeness (QED) is 0.941. The number of halogens is 3. The third kappa shape index (κ3) is 3.97. The minimum atomic E-state index is -4.98. The van der Waals surface area contributed by atoms with Gasteiger partial charge in [-0.1, -0.05) is 24.3 Å². The SMILES string of the molecule is Cc1ccccc1COc1cccnc1NC(=O)C(F)(F)F. The Bertz CT molecular complexity index is 672. The fourth-order valence-corrected chi connectivity index (χ4v) is 1.71. The number of nitrogens with zero attached hydrogens (tertiary/aromatic N) is 1. The predicted octanol–water partition coefficient (Wildman–Crippen LogP) is 3.47. The van der Waals surface area contributed by atoms with E-state index in [4.69, 9.17) is 4.74 Å². The highest BCUT2D eigenvalue weighted by Gasteiger charge is 2.39. The molecule has 0 spiro atoms. The Morgan fingerprint density at radius 3 is 2.64 bits per heavy atom. The fraction of sp³-hybridized carbons (Fsp3) is 0.200. The van der Waals surface area contributed by atoms with Crippen molar-refractivity contribution < 1.29 is 22.7 Å². The van der Waals surface area contributed by atoms with E-state index < -0.39 is 12.1 Å². The number of aryl methyl sites for hydroxylation is 1. The molecule has 0 bridgehead atoms. The molecule has 0 atom stereocenters. The molecular formula is C15H13F3N2O2. The van der Waals surface area contributed by atoms with Gasteiger partial charge in [0.2, 0.25) is 0 Å². The van der Waals surface area contributed by atoms with E-state index in [0.717, 1.165) is 11.1 Å². The summed E-state index contributed by atoms with van der Waals surface area (Å²) >= 11 is 0. The van der Waals surface area contributed by atoms with Crippen LogP contribution in [0.3, 0.4) is 0 Å². The lowest BCUT2D eigenvalue weighted by molar-refractivity contribution is -0.167. The molecule has 1 aromatic carbocycles. The zero-order valence-electron chi connectivity index (χ0n) is 11.6. The maximum Gasteiger partial charge on any atom is 0.471 e. The second-order valence-electron chi connectivity index (χ2n) is 4.52. The lowest BCUT2D eigenvalue weighted by atomic mass is 10.1. The second kappa shape index (κ2) is 6.46. The van der Waals surface area contributed by atoms with Crippen LogP contribution in [0.1, 0.15) is 11.1 Å². The average molecular weight is 310 g/mol. The third-order valence-electron chi connectivity index (χ3n) is 2.90. The van der Waals surface area contributed by atoms with Gasteiger partial charge in [-0.15, -0.1) is 0 Å². The molecule has 116 valence electrons. The van der Waals surface area contributed by atoms with Gasteiger partial charge in [0.05, 0.1) is 0 Å². The molecule has 22 heavy (non-hydrogen) atoms. The number of hydrogen-bond acceptors (Lipinski definition) is 3. The molecule has 7 heteroatoms. The van der Waals surface area contributed by atoms with Crippen LogP contribution in [0.15, 0.2) is 42.6 Å². The molecule has 0 unspecified atom stereocenters. The first kappa shape index (κ1) is 15.8. The summed E-state index contributed by atoms with van der Waals surface area (Å²) in [4.78, 5) is 14.7. The largest absolute Gasteiger partial charge is 0.485 e. The molecule has 1 N–H and O–H groups in total. The summed E-state index contributed by atoms with van der Waals surface area (Å²) < 4.78 is 42.3. The highest BCUT2D eigenvalue weighted by atomic mass is 19.4. The van der Waals surface area contributed by atoms with Gasteiger partial charge in [-0.25, -0.2) is 4.98 Å². The summed E-state index contributed by atoms with van der Waals surface area (Å²) in [5.41, 5.74) is 1.88. The molecule has 1 heterocycles. The number of anilines is 1. The zero-order chi connectivity index (χ0) is 16.2. The van der Waals surface area contributed by atoms with Crippen molar-refractivity contribution in [2.45, 2.75) is 19.7 Å². The minimum absolute atomic E-state index is 0.0725. The summed E-state index contributed by atoms with van der Waals surface area (Å²) in [7, 11) is 0. The van der Waals surface area contributed by atoms with E-state index in [-0.39, 0.29) is 18.2 Å². The molecule has 4 nitrogen and oxygen atoms in total. The van der Waals surface area contributed by atoms with Crippen molar-refractivity contribution in [1.82, 2.24) is 4.98 Å². The topological polar surface area (TPSA) is 51.2 Å². The van der Waals surface area contributed by atoms with Crippen molar-refractivity contribution in [1.29, 1.82) is 0 Å². The molecule has 0 saturated carbocycles. The summed E-state index contributed by atoms with van der Waals surface area (Å²) in [5.74, 6) is -2.28. The number of pyridine rings is 1. The molecule has 0 aliphatic heterocycles. The Morgan fingerprint density at radius 2 is 1.95 bits per heavy atom. The maximum atomic E-state index is 12.3. The Morgan fingerprint density at radius 1 is 1.23 bits per heavy atom. The average Bonchev–Trinajstić information content (AvgIpc) is 2.47. The highest BCUT2D eigenvalue weighted by molar-refractivity contribution is 5.95. The summed E-state index contributed by atoms with van der Waals surface area (Å²) in [6.45, 7) is 2.06. The van der Waals surface area contributed by atoms with Crippen molar-refractivity contribution in [3.05, 3.63) is 53.7 Å². The standard InChI is InChI=1S/C15H13F3N2O2/c1-10-5-2-3-6-11(10)9-22-12-7-4-8-19-13(12)20-14(21)15(16,17)18/h2-8H,9H2,1H3,(H,19,20,21). The lowest BCUT2D eigenvalue weighted by Gasteiger charge is -2.13. The number of alkyl halides is 3. The fourth-order valence-electron chi connectivity index (χ4n) is 1.71. The molecule has 2 aromatic rings. The van der Waals surface area contributed by atoms with E-state index in [1.54, 1.807) is 5.32 Å². The van der Waals surface area contributed by atoms with Crippen LogP contribution >= 0.6 is 0 Å². The Balaban J connectivity index is 2.12. The second-order valence-corrected chi connectivity index (χ2v) is 4.52. The van der Waals surface area contributed by atoms with Crippen molar-refractivity contribution >= 4 is 11.7 Å². The van der Waals surface area contributed by atoms with Crippen molar-refractivity contribution in [2.24, 2.45) is 0 Å². The van der Waals surface area contributed by atoms with Crippen LogP contribution in [0.25, 0.3) is 0 Å². The first-order valence-electron chi connectivity index (χ1n) is 6.38. The van der Waals surface area contributed by atoms with Gasteiger partial charge in [0, 0.05) is 6.20 Å². The molecule has 0 aliphatic rings. The zero-order valence-corrected chi connectivity index (χ0v) is 11.6. The number of benzene rings is 1. The first-order chi connectivity index (χ1) is 10.4. The van der Waals surface area contributed by atoms with Crippen LogP contribution in [0.2, 0.25) is 0 Å². The first-order valence-corrected chi connectivity index (χ1v) is 6.38. The number of aromatic nitrogens is 1. The van der Waals surface area contributed by atoms with Crippen LogP contribution in [-0.2, 0) is 11.4 Å². The molecule has 2 rings (SSSR count). The van der Waals surface area contributed by atoms with E-state index in [2.05, 4.69) is 4.98 Å². The number of rotatable bonds is 4. The number of carbonyl (C=O) groups excluding carboxylic acids is 1. The van der Waals surface area contributed by atoms with E-state index in [1.165, 1.54) is 18.3 Å². The number of carbonyl (C=O) groups is 1. The van der Waals surface area contributed by atoms with Gasteiger partial charge < -0.3 is 4.74 Å². The number of amides is 1. The molecule has 0 fully saturated rings. The molecular weight excluding hydrogens is 297 g/mol. The molecule has 0 radical (unpaired) electrons. The van der Waals surface area contributed by atoms with Gasteiger partial charge in [-0.05, 0) is 30.2 Å². The van der Waals surface area contributed by atoms with Crippen molar-refractivity contribution in [3.63, 3.8) is 0 Å². The van der Waals surface area contributed by atoms with E-state index in [1.807, 2.05) is 31.2 Å². The van der Waals surface area contributed by atoms with Crippen LogP contribution in [0.4, 0.5) is 19.0 Å². The van der Waals surface area contributed by atoms with Crippen molar-refractivity contribution in [3.8, 4) is 5.75 Å². The van der Waals surface area contributed by atoms with E-state index in [9.17, 15) is 18.0 Å². The normalized spacial score (nSPS) is 11.1. The van der Waals surface area contributed by atoms with Gasteiger partial charge in [0.1, 0.15) is 6.61 Å². The summed E-state index contributed by atoms with van der Waals surface area (Å²) in [6, 6.07) is 10.4. The smallest absolute Gasteiger partial charge is 0.471 e. The number of nitrogens with one attached hydrogen (secondary N) is 1. The Hall–Kier alpha value is -2.57. The third-order valence-corrected chi connectivity index (χ3v) is 2.90. The van der Waals surface area contributed by atoms with Gasteiger partial charge in [-0.2, -0.15) is 13.2 Å². The summed E-state index contributed by atoms with van der Waals surface area (Å²) in [5, 5.41) is 1.70. The van der Waals surface area contributed by atoms with E-state index >= 15 is 0 Å². The van der Waals surface area contributed by atoms with Gasteiger partial charge in [-0.3, -0.25) is 10.1 Å². The highest BCUT2D eigenvalue weighted by Crippen LogP contribution is 2.25. The van der Waals surface area contributed by atoms with Crippen LogP contribution in [-0.4, -0.2) is 17.1 Å². The molecule has 0 aliphatic carbocycles. The minimum Gasteiger partial charge on any atom is -0.485 e. The number of ether oxygens (including phenoxy) is 1. The van der Waals surface area contributed by atoms with E-state index in [0.29, 0.717) is 0 Å². The molecule has 1 amide bonds. The van der Waals surface area contributed by atoms with Crippen LogP contribution < -0.4 is 10.1 Å².